The zero-order valence-electron chi connectivity index (χ0n) is 25.7. The number of hydrogen-bond donors (Lipinski definition) is 2. The van der Waals surface area contributed by atoms with Crippen LogP contribution in [0.5, 0.6) is 0 Å². The Labute approximate surface area is 283 Å². The maximum atomic E-state index is 15.3. The van der Waals surface area contributed by atoms with E-state index in [2.05, 4.69) is 26.4 Å². The number of quaternary nitrogens is 1. The van der Waals surface area contributed by atoms with Gasteiger partial charge in [-0.05, 0) is 43.4 Å². The molecule has 0 aliphatic carbocycles. The van der Waals surface area contributed by atoms with E-state index in [9.17, 15) is 14.3 Å². The van der Waals surface area contributed by atoms with Gasteiger partial charge in [-0.2, -0.15) is 10.3 Å². The van der Waals surface area contributed by atoms with Gasteiger partial charge in [-0.15, -0.1) is 28.3 Å². The Morgan fingerprint density at radius 2 is 1.93 bits per heavy atom. The lowest BCUT2D eigenvalue weighted by molar-refractivity contribution is -0.848. The van der Waals surface area contributed by atoms with Gasteiger partial charge in [-0.1, -0.05) is 38.0 Å². The zero-order valence-corrected chi connectivity index (χ0v) is 28.1. The molecule has 1 aliphatic heterocycles. The van der Waals surface area contributed by atoms with Crippen molar-refractivity contribution < 1.29 is 40.4 Å². The first-order chi connectivity index (χ1) is 21.1. The number of likely N-dealkylation sites (N-methyl/N-ethyl adjacent to an activating group) is 1. The van der Waals surface area contributed by atoms with E-state index in [0.717, 1.165) is 36.9 Å². The highest BCUT2D eigenvalue weighted by atomic mass is 35.5. The van der Waals surface area contributed by atoms with Crippen LogP contribution in [0, 0.1) is 23.0 Å². The average Bonchev–Trinajstić information content (AvgIpc) is 3.71. The summed E-state index contributed by atoms with van der Waals surface area (Å²) >= 11 is 1.27. The third-order valence-corrected chi connectivity index (χ3v) is 8.79. The van der Waals surface area contributed by atoms with Crippen molar-refractivity contribution in [1.29, 1.82) is 5.26 Å². The van der Waals surface area contributed by atoms with Crippen molar-refractivity contribution in [1.82, 2.24) is 15.2 Å². The Hall–Kier alpha value is -3.51. The van der Waals surface area contributed by atoms with Gasteiger partial charge in [0.15, 0.2) is 11.9 Å². The topological polar surface area (TPSA) is 123 Å². The number of thiazole rings is 1. The molecule has 0 saturated carbocycles. The molecule has 2 aromatic carbocycles. The fraction of sp³-hybridized carbons (Fsp3) is 0.387. The number of amides is 1. The minimum absolute atomic E-state index is 0. The molecule has 0 saturated heterocycles. The van der Waals surface area contributed by atoms with Crippen LogP contribution in [0.4, 0.5) is 13.6 Å². The third-order valence-electron chi connectivity index (χ3n) is 7.76. The lowest BCUT2D eigenvalue weighted by Gasteiger charge is -2.38. The van der Waals surface area contributed by atoms with Gasteiger partial charge in [0.25, 0.3) is 0 Å². The highest BCUT2D eigenvalue weighted by Crippen LogP contribution is 2.42. The predicted molar refractivity (Wildman–Crippen MR) is 172 cm³/mol. The number of alkyl carbamates (subject to hydrolysis) is 1. The molecule has 0 radical (unpaired) electrons. The molecule has 2 N–H and O–H groups in total. The van der Waals surface area contributed by atoms with Crippen molar-refractivity contribution in [2.75, 3.05) is 45.9 Å². The normalized spacial score (nSPS) is 17.0. The minimum Gasteiger partial charge on any atom is -1.00 e. The molecule has 248 valence electrons. The maximum absolute atomic E-state index is 15.3. The summed E-state index contributed by atoms with van der Waals surface area (Å²) in [6, 6.07) is 11.9. The van der Waals surface area contributed by atoms with E-state index < -0.39 is 29.2 Å². The molecule has 2 heterocycles. The summed E-state index contributed by atoms with van der Waals surface area (Å²) < 4.78 is 34.9. The molecular formula is C31H37Cl2F2N7O3S. The third kappa shape index (κ3) is 9.28. The molecule has 3 atom stereocenters. The molecular weight excluding hydrogens is 659 g/mol. The molecule has 0 bridgehead atoms. The van der Waals surface area contributed by atoms with Gasteiger partial charge in [0.2, 0.25) is 6.34 Å². The number of halogens is 4. The number of nitrogens with one attached hydrogen (secondary N) is 1. The molecule has 1 amide bonds. The van der Waals surface area contributed by atoms with E-state index in [-0.39, 0.29) is 54.7 Å². The fourth-order valence-electron chi connectivity index (χ4n) is 5.04. The smallest absolute Gasteiger partial charge is 0.407 e. The van der Waals surface area contributed by atoms with Crippen molar-refractivity contribution in [3.63, 3.8) is 0 Å². The minimum atomic E-state index is -2.01. The van der Waals surface area contributed by atoms with Crippen molar-refractivity contribution in [2.24, 2.45) is 10.1 Å². The van der Waals surface area contributed by atoms with Crippen LogP contribution >= 0.6 is 23.7 Å². The average molecular weight is 697 g/mol. The van der Waals surface area contributed by atoms with E-state index in [4.69, 9.17) is 15.0 Å². The van der Waals surface area contributed by atoms with E-state index >= 15 is 4.39 Å². The van der Waals surface area contributed by atoms with Crippen LogP contribution in [0.2, 0.25) is 0 Å². The summed E-state index contributed by atoms with van der Waals surface area (Å²) in [5.41, 5.74) is -0.356. The van der Waals surface area contributed by atoms with Crippen LogP contribution in [-0.4, -0.2) is 84.2 Å². The highest BCUT2D eigenvalue weighted by molar-refractivity contribution is 7.10. The number of aliphatic hydroxyl groups is 1. The molecule has 0 fully saturated rings. The standard InChI is InChI=1S/C31H35F2N7O3S.2ClH/c1-4-39(5-2)13-12-36-30(41)43-15-14-40(21-35-20-37-40)19-31(42,26-16-25(32)10-11-27(26)33)22(3)29-38-28(18-44-29)24-8-6-23(17-34)7-9-24;;/h6-11,16,18,20-22,42H,4-5,12-15,19H2,1-3H3;2*1H/t22-,31+,40?;;/m0../s1. The van der Waals surface area contributed by atoms with Gasteiger partial charge in [-0.3, -0.25) is 0 Å². The number of nitrogens with zero attached hydrogens (tertiary/aromatic N) is 6. The second-order valence-electron chi connectivity index (χ2n) is 10.5. The number of ether oxygens (including phenoxy) is 1. The summed E-state index contributed by atoms with van der Waals surface area (Å²) in [7, 11) is 0. The zero-order chi connectivity index (χ0) is 31.7. The molecule has 1 aromatic heterocycles. The Morgan fingerprint density at radius 3 is 2.57 bits per heavy atom. The summed E-state index contributed by atoms with van der Waals surface area (Å²) in [4.78, 5) is 23.3. The SMILES string of the molecule is CCN(CC)CCNC(=O)OCC[N+]1(C[C@](O)(c2cc(F)ccc2F)[C@@H](C)c2nc(-c3ccc(C#N)cc3)cs2)C=NC=N1.Cl.[Cl-]. The molecule has 3 aromatic rings. The number of hydrogen-bond acceptors (Lipinski definition) is 9. The van der Waals surface area contributed by atoms with Gasteiger partial charge in [0.1, 0.15) is 31.3 Å². The van der Waals surface area contributed by atoms with Crippen LogP contribution in [0.15, 0.2) is 57.9 Å². The predicted octanol–water partition coefficient (Wildman–Crippen LogP) is 2.25. The molecule has 1 aliphatic rings. The van der Waals surface area contributed by atoms with Crippen molar-refractivity contribution in [3.05, 3.63) is 75.6 Å². The number of nitriles is 1. The van der Waals surface area contributed by atoms with E-state index in [1.165, 1.54) is 24.0 Å². The molecule has 46 heavy (non-hydrogen) atoms. The molecule has 15 heteroatoms. The van der Waals surface area contributed by atoms with Gasteiger partial charge in [0.05, 0.1) is 22.3 Å². The van der Waals surface area contributed by atoms with E-state index in [1.807, 2.05) is 19.2 Å². The van der Waals surface area contributed by atoms with Gasteiger partial charge >= 0.3 is 6.09 Å². The highest BCUT2D eigenvalue weighted by Gasteiger charge is 2.49. The molecule has 10 nitrogen and oxygen atoms in total. The maximum Gasteiger partial charge on any atom is 0.407 e. The number of carbonyl (C=O) groups excluding carboxylic acids is 1. The first-order valence-corrected chi connectivity index (χ1v) is 15.2. The van der Waals surface area contributed by atoms with Crippen LogP contribution < -0.4 is 17.7 Å². The lowest BCUT2D eigenvalue weighted by Crippen LogP contribution is -3.00. The number of aromatic nitrogens is 1. The Kier molecular flexibility index (Phi) is 14.6. The number of rotatable bonds is 14. The Morgan fingerprint density at radius 1 is 1.22 bits per heavy atom. The van der Waals surface area contributed by atoms with Crippen LogP contribution in [0.3, 0.4) is 0 Å². The van der Waals surface area contributed by atoms with E-state index in [1.54, 1.807) is 31.2 Å². The second kappa shape index (κ2) is 17.4. The molecule has 4 rings (SSSR count). The van der Waals surface area contributed by atoms with E-state index in [0.29, 0.717) is 29.4 Å². The Bertz CT molecular complexity index is 1540. The van der Waals surface area contributed by atoms with Crippen molar-refractivity contribution in [3.8, 4) is 17.3 Å². The van der Waals surface area contributed by atoms with Gasteiger partial charge in [-0.25, -0.2) is 18.6 Å². The second-order valence-corrected chi connectivity index (χ2v) is 11.4. The Balaban J connectivity index is 0.00000368. The van der Waals surface area contributed by atoms with Gasteiger partial charge in [0, 0.05) is 35.5 Å². The summed E-state index contributed by atoms with van der Waals surface area (Å²) in [6.45, 7) is 8.41. The lowest BCUT2D eigenvalue weighted by atomic mass is 9.81. The monoisotopic (exact) mass is 695 g/mol. The summed E-state index contributed by atoms with van der Waals surface area (Å²) in [5.74, 6) is -2.31. The summed E-state index contributed by atoms with van der Waals surface area (Å²) in [5, 5.41) is 30.9. The van der Waals surface area contributed by atoms with Crippen molar-refractivity contribution >= 4 is 42.5 Å². The number of aliphatic imine (C=N–C) groups is 1. The number of carbonyl (C=O) groups is 1. The number of benzene rings is 2. The first-order valence-electron chi connectivity index (χ1n) is 14.3. The van der Waals surface area contributed by atoms with Crippen LogP contribution in [-0.2, 0) is 10.3 Å². The molecule has 1 unspecified atom stereocenters. The van der Waals surface area contributed by atoms with Gasteiger partial charge < -0.3 is 32.5 Å². The molecule has 0 spiro atoms. The van der Waals surface area contributed by atoms with Crippen molar-refractivity contribution in [2.45, 2.75) is 32.3 Å². The quantitative estimate of drug-likeness (QED) is 0.250. The summed E-state index contributed by atoms with van der Waals surface area (Å²) in [6.07, 6.45) is 2.19. The van der Waals surface area contributed by atoms with Crippen LogP contribution in [0.1, 0.15) is 42.8 Å². The first kappa shape index (κ1) is 38.7. The van der Waals surface area contributed by atoms with Crippen LogP contribution in [0.25, 0.3) is 11.3 Å². The largest absolute Gasteiger partial charge is 1.00 e. The fourth-order valence-corrected chi connectivity index (χ4v) is 6.01.